The zero-order chi connectivity index (χ0) is 14.8. The van der Waals surface area contributed by atoms with Crippen LogP contribution < -0.4 is 10.1 Å². The second-order valence-corrected chi connectivity index (χ2v) is 4.14. The van der Waals surface area contributed by atoms with E-state index in [1.54, 1.807) is 12.1 Å². The van der Waals surface area contributed by atoms with Gasteiger partial charge in [0, 0.05) is 13.5 Å². The van der Waals surface area contributed by atoms with Crippen LogP contribution in [0, 0.1) is 0 Å². The molecule has 0 atom stereocenters. The van der Waals surface area contributed by atoms with Gasteiger partial charge in [-0.2, -0.15) is 0 Å². The van der Waals surface area contributed by atoms with Crippen molar-refractivity contribution in [3.05, 3.63) is 29.8 Å². The van der Waals surface area contributed by atoms with Gasteiger partial charge in [-0.3, -0.25) is 9.59 Å². The summed E-state index contributed by atoms with van der Waals surface area (Å²) in [5, 5.41) is 11.6. The van der Waals surface area contributed by atoms with Gasteiger partial charge in [0.15, 0.2) is 6.61 Å². The van der Waals surface area contributed by atoms with Crippen LogP contribution in [0.25, 0.3) is 0 Å². The second kappa shape index (κ2) is 8.92. The number of hydrogen-bond acceptors (Lipinski definition) is 5. The fourth-order valence-corrected chi connectivity index (χ4v) is 1.44. The Labute approximate surface area is 117 Å². The van der Waals surface area contributed by atoms with Crippen LogP contribution in [0.4, 0.5) is 0 Å². The summed E-state index contributed by atoms with van der Waals surface area (Å²) in [7, 11) is 0. The molecule has 0 bridgehead atoms. The Balaban J connectivity index is 2.12. The van der Waals surface area contributed by atoms with Crippen molar-refractivity contribution in [3.8, 4) is 5.75 Å². The Morgan fingerprint density at radius 3 is 2.85 bits per heavy atom. The van der Waals surface area contributed by atoms with Gasteiger partial charge in [0.05, 0.1) is 13.2 Å². The zero-order valence-corrected chi connectivity index (χ0v) is 11.4. The van der Waals surface area contributed by atoms with E-state index in [4.69, 9.17) is 9.84 Å². The summed E-state index contributed by atoms with van der Waals surface area (Å²) in [6.45, 7) is 1.86. The first-order valence-corrected chi connectivity index (χ1v) is 6.34. The molecule has 0 spiro atoms. The third-order valence-corrected chi connectivity index (χ3v) is 2.40. The molecule has 2 N–H and O–H groups in total. The lowest BCUT2D eigenvalue weighted by atomic mass is 10.2. The molecule has 110 valence electrons. The van der Waals surface area contributed by atoms with Gasteiger partial charge >= 0.3 is 5.97 Å². The van der Waals surface area contributed by atoms with Crippen molar-refractivity contribution < 1.29 is 24.2 Å². The van der Waals surface area contributed by atoms with Gasteiger partial charge in [-0.05, 0) is 24.1 Å². The van der Waals surface area contributed by atoms with Crippen molar-refractivity contribution in [2.45, 2.75) is 20.0 Å². The van der Waals surface area contributed by atoms with Gasteiger partial charge in [0.25, 0.3) is 5.91 Å². The summed E-state index contributed by atoms with van der Waals surface area (Å²) in [6.07, 6.45) is 0.634. The minimum Gasteiger partial charge on any atom is -0.494 e. The summed E-state index contributed by atoms with van der Waals surface area (Å²) >= 11 is 0. The monoisotopic (exact) mass is 281 g/mol. The molecular weight excluding hydrogens is 262 g/mol. The van der Waals surface area contributed by atoms with Crippen LogP contribution in [-0.2, 0) is 20.9 Å². The van der Waals surface area contributed by atoms with Gasteiger partial charge in [-0.25, -0.2) is 0 Å². The number of esters is 1. The van der Waals surface area contributed by atoms with E-state index in [9.17, 15) is 9.59 Å². The molecule has 0 aliphatic heterocycles. The molecule has 6 heteroatoms. The average Bonchev–Trinajstić information content (AvgIpc) is 2.45. The van der Waals surface area contributed by atoms with Crippen LogP contribution in [-0.4, -0.2) is 36.7 Å². The van der Waals surface area contributed by atoms with E-state index in [0.717, 1.165) is 5.56 Å². The van der Waals surface area contributed by atoms with E-state index >= 15 is 0 Å². The molecular formula is C14H19NO5. The van der Waals surface area contributed by atoms with Crippen LogP contribution >= 0.6 is 0 Å². The number of ether oxygens (including phenoxy) is 2. The topological polar surface area (TPSA) is 84.9 Å². The number of amides is 1. The molecule has 0 radical (unpaired) electrons. The Bertz CT molecular complexity index is 447. The van der Waals surface area contributed by atoms with Crippen molar-refractivity contribution in [1.29, 1.82) is 0 Å². The number of aliphatic hydroxyl groups excluding tert-OH is 1. The lowest BCUT2D eigenvalue weighted by molar-refractivity contribution is -0.146. The Morgan fingerprint density at radius 1 is 1.35 bits per heavy atom. The maximum Gasteiger partial charge on any atom is 0.303 e. The van der Waals surface area contributed by atoms with Gasteiger partial charge < -0.3 is 19.9 Å². The van der Waals surface area contributed by atoms with Crippen molar-refractivity contribution in [1.82, 2.24) is 5.32 Å². The zero-order valence-electron chi connectivity index (χ0n) is 11.4. The normalized spacial score (nSPS) is 9.90. The minimum absolute atomic E-state index is 0.0244. The Kier molecular flexibility index (Phi) is 7.13. The number of aliphatic hydroxyl groups is 1. The Hall–Kier alpha value is -2.08. The largest absolute Gasteiger partial charge is 0.494 e. The highest BCUT2D eigenvalue weighted by atomic mass is 16.5. The molecule has 1 amide bonds. The number of rotatable bonds is 8. The third kappa shape index (κ3) is 6.75. The van der Waals surface area contributed by atoms with Crippen LogP contribution in [0.1, 0.15) is 18.9 Å². The number of hydrogen-bond donors (Lipinski definition) is 2. The molecule has 0 aliphatic carbocycles. The van der Waals surface area contributed by atoms with Gasteiger partial charge in [-0.1, -0.05) is 12.1 Å². The second-order valence-electron chi connectivity index (χ2n) is 4.14. The van der Waals surface area contributed by atoms with E-state index in [-0.39, 0.29) is 19.1 Å². The molecule has 1 rings (SSSR count). The molecule has 0 saturated heterocycles. The predicted octanol–water partition coefficient (Wildman–Crippen LogP) is 0.627. The molecule has 1 aromatic rings. The molecule has 6 nitrogen and oxygen atoms in total. The van der Waals surface area contributed by atoms with Gasteiger partial charge in [-0.15, -0.1) is 0 Å². The number of carbonyl (C=O) groups excluding carboxylic acids is 2. The van der Waals surface area contributed by atoms with Crippen molar-refractivity contribution in [2.75, 3.05) is 19.8 Å². The minimum atomic E-state index is -0.479. The molecule has 1 aromatic carbocycles. The molecule has 0 unspecified atom stereocenters. The fraction of sp³-hybridized carbons (Fsp3) is 0.429. The molecule has 0 heterocycles. The first-order chi connectivity index (χ1) is 9.61. The first-order valence-electron chi connectivity index (χ1n) is 6.34. The maximum atomic E-state index is 11.2. The van der Waals surface area contributed by atoms with Gasteiger partial charge in [0.2, 0.25) is 0 Å². The van der Waals surface area contributed by atoms with Crippen molar-refractivity contribution in [3.63, 3.8) is 0 Å². The van der Waals surface area contributed by atoms with Gasteiger partial charge in [0.1, 0.15) is 5.75 Å². The summed E-state index contributed by atoms with van der Waals surface area (Å²) in [4.78, 5) is 21.7. The lowest BCUT2D eigenvalue weighted by Crippen LogP contribution is -2.29. The van der Waals surface area contributed by atoms with Crippen LogP contribution in [0.15, 0.2) is 24.3 Å². The lowest BCUT2D eigenvalue weighted by Gasteiger charge is -2.08. The summed E-state index contributed by atoms with van der Waals surface area (Å²) in [5.41, 5.74) is 0.789. The standard InChI is InChI=1S/C14H19NO5/c1-11(17)20-10-14(18)15-6-3-7-19-13-5-2-4-12(8-13)9-16/h2,4-5,8,16H,3,6-7,9-10H2,1H3,(H,15,18). The highest BCUT2D eigenvalue weighted by Gasteiger charge is 2.02. The van der Waals surface area contributed by atoms with Crippen LogP contribution in [0.2, 0.25) is 0 Å². The Morgan fingerprint density at radius 2 is 2.15 bits per heavy atom. The summed E-state index contributed by atoms with van der Waals surface area (Å²) in [5.74, 6) is -0.127. The number of carbonyl (C=O) groups is 2. The SMILES string of the molecule is CC(=O)OCC(=O)NCCCOc1cccc(CO)c1. The quantitative estimate of drug-likeness (QED) is 0.539. The first kappa shape index (κ1) is 16.0. The molecule has 0 saturated carbocycles. The smallest absolute Gasteiger partial charge is 0.303 e. The number of benzene rings is 1. The van der Waals surface area contributed by atoms with E-state index in [2.05, 4.69) is 10.1 Å². The molecule has 0 aliphatic rings. The summed E-state index contributed by atoms with van der Waals surface area (Å²) in [6, 6.07) is 7.18. The molecule has 20 heavy (non-hydrogen) atoms. The number of nitrogens with one attached hydrogen (secondary N) is 1. The summed E-state index contributed by atoms with van der Waals surface area (Å²) < 4.78 is 10.0. The molecule has 0 aromatic heterocycles. The highest BCUT2D eigenvalue weighted by Crippen LogP contribution is 2.13. The van der Waals surface area contributed by atoms with E-state index in [1.165, 1.54) is 6.92 Å². The van der Waals surface area contributed by atoms with E-state index in [1.807, 2.05) is 12.1 Å². The van der Waals surface area contributed by atoms with E-state index < -0.39 is 5.97 Å². The average molecular weight is 281 g/mol. The molecule has 0 fully saturated rings. The van der Waals surface area contributed by atoms with E-state index in [0.29, 0.717) is 25.3 Å². The highest BCUT2D eigenvalue weighted by molar-refractivity contribution is 5.79. The fourth-order valence-electron chi connectivity index (χ4n) is 1.44. The van der Waals surface area contributed by atoms with Crippen LogP contribution in [0.5, 0.6) is 5.75 Å². The third-order valence-electron chi connectivity index (χ3n) is 2.40. The predicted molar refractivity (Wildman–Crippen MR) is 72.1 cm³/mol. The van der Waals surface area contributed by atoms with Crippen LogP contribution in [0.3, 0.4) is 0 Å². The van der Waals surface area contributed by atoms with Crippen molar-refractivity contribution >= 4 is 11.9 Å². The van der Waals surface area contributed by atoms with Crippen molar-refractivity contribution in [2.24, 2.45) is 0 Å². The maximum absolute atomic E-state index is 11.2.